The average Bonchev–Trinajstić information content (AvgIpc) is 2.94. The first-order valence-electron chi connectivity index (χ1n) is 6.93. The standard InChI is InChI=1S/C13H23N3O3/c1-4-6-14-11-5-7-18-8-10(11)13-15-12(16-19-13)9(2)17-3/h9-11,14H,4-8H2,1-3H3. The van der Waals surface area contributed by atoms with Crippen LogP contribution in [0, 0.1) is 0 Å². The van der Waals surface area contributed by atoms with Gasteiger partial charge in [0.25, 0.3) is 0 Å². The van der Waals surface area contributed by atoms with Gasteiger partial charge in [-0.1, -0.05) is 12.1 Å². The first-order chi connectivity index (χ1) is 9.26. The molecular formula is C13H23N3O3. The molecule has 1 N–H and O–H groups in total. The Hall–Kier alpha value is -0.980. The summed E-state index contributed by atoms with van der Waals surface area (Å²) in [5.41, 5.74) is 0. The summed E-state index contributed by atoms with van der Waals surface area (Å²) in [6.07, 6.45) is 1.94. The highest BCUT2D eigenvalue weighted by Gasteiger charge is 2.31. The molecule has 1 aromatic heterocycles. The maximum atomic E-state index is 5.54. The van der Waals surface area contributed by atoms with E-state index in [9.17, 15) is 0 Å². The molecule has 3 unspecified atom stereocenters. The van der Waals surface area contributed by atoms with Gasteiger partial charge < -0.3 is 19.3 Å². The second kappa shape index (κ2) is 6.98. The molecule has 0 spiro atoms. The van der Waals surface area contributed by atoms with Crippen molar-refractivity contribution in [2.24, 2.45) is 0 Å². The van der Waals surface area contributed by atoms with Crippen LogP contribution in [0.3, 0.4) is 0 Å². The summed E-state index contributed by atoms with van der Waals surface area (Å²) >= 11 is 0. The number of nitrogens with one attached hydrogen (secondary N) is 1. The van der Waals surface area contributed by atoms with Gasteiger partial charge in [-0.15, -0.1) is 0 Å². The smallest absolute Gasteiger partial charge is 0.233 e. The molecule has 108 valence electrons. The Morgan fingerprint density at radius 2 is 2.37 bits per heavy atom. The van der Waals surface area contributed by atoms with Gasteiger partial charge in [0.2, 0.25) is 5.89 Å². The van der Waals surface area contributed by atoms with E-state index in [2.05, 4.69) is 22.4 Å². The summed E-state index contributed by atoms with van der Waals surface area (Å²) in [7, 11) is 1.63. The summed E-state index contributed by atoms with van der Waals surface area (Å²) < 4.78 is 16.1. The first kappa shape index (κ1) is 14.4. The molecule has 0 radical (unpaired) electrons. The van der Waals surface area contributed by atoms with E-state index >= 15 is 0 Å². The molecule has 0 amide bonds. The van der Waals surface area contributed by atoms with E-state index in [0.29, 0.717) is 24.4 Å². The third-order valence-corrected chi connectivity index (χ3v) is 3.50. The second-order valence-corrected chi connectivity index (χ2v) is 4.90. The monoisotopic (exact) mass is 269 g/mol. The molecule has 1 saturated heterocycles. The van der Waals surface area contributed by atoms with Crippen molar-refractivity contribution in [1.29, 1.82) is 0 Å². The second-order valence-electron chi connectivity index (χ2n) is 4.90. The molecule has 1 aliphatic rings. The van der Waals surface area contributed by atoms with E-state index in [-0.39, 0.29) is 12.0 Å². The Balaban J connectivity index is 2.06. The molecule has 3 atom stereocenters. The summed E-state index contributed by atoms with van der Waals surface area (Å²) in [6.45, 7) is 6.47. The SMILES string of the molecule is CCCNC1CCOCC1c1nc(C(C)OC)no1. The number of ether oxygens (including phenoxy) is 2. The molecule has 0 aromatic carbocycles. The van der Waals surface area contributed by atoms with Crippen molar-refractivity contribution in [3.63, 3.8) is 0 Å². The number of aromatic nitrogens is 2. The van der Waals surface area contributed by atoms with Gasteiger partial charge >= 0.3 is 0 Å². The zero-order valence-electron chi connectivity index (χ0n) is 11.9. The van der Waals surface area contributed by atoms with Crippen molar-refractivity contribution in [2.75, 3.05) is 26.9 Å². The predicted molar refractivity (Wildman–Crippen MR) is 70.0 cm³/mol. The molecule has 0 aliphatic carbocycles. The van der Waals surface area contributed by atoms with Gasteiger partial charge in [0.05, 0.1) is 12.5 Å². The van der Waals surface area contributed by atoms with Crippen LogP contribution in [0.15, 0.2) is 4.52 Å². The van der Waals surface area contributed by atoms with E-state index in [0.717, 1.165) is 26.0 Å². The van der Waals surface area contributed by atoms with Crippen LogP contribution < -0.4 is 5.32 Å². The fourth-order valence-corrected chi connectivity index (χ4v) is 2.22. The van der Waals surface area contributed by atoms with Crippen molar-refractivity contribution >= 4 is 0 Å². The lowest BCUT2D eigenvalue weighted by molar-refractivity contribution is 0.0498. The average molecular weight is 269 g/mol. The summed E-state index contributed by atoms with van der Waals surface area (Å²) in [5, 5.41) is 7.52. The Morgan fingerprint density at radius 1 is 1.53 bits per heavy atom. The number of hydrogen-bond acceptors (Lipinski definition) is 6. The summed E-state index contributed by atoms with van der Waals surface area (Å²) in [4.78, 5) is 4.44. The van der Waals surface area contributed by atoms with Gasteiger partial charge in [-0.05, 0) is 26.3 Å². The van der Waals surface area contributed by atoms with Crippen LogP contribution in [0.4, 0.5) is 0 Å². The van der Waals surface area contributed by atoms with E-state index in [1.807, 2.05) is 6.92 Å². The quantitative estimate of drug-likeness (QED) is 0.847. The highest BCUT2D eigenvalue weighted by Crippen LogP contribution is 2.26. The van der Waals surface area contributed by atoms with E-state index in [4.69, 9.17) is 14.0 Å². The summed E-state index contributed by atoms with van der Waals surface area (Å²) in [6, 6.07) is 0.347. The first-order valence-corrected chi connectivity index (χ1v) is 6.93. The Morgan fingerprint density at radius 3 is 3.11 bits per heavy atom. The molecule has 19 heavy (non-hydrogen) atoms. The van der Waals surface area contributed by atoms with Gasteiger partial charge in [-0.3, -0.25) is 0 Å². The number of methoxy groups -OCH3 is 1. The van der Waals surface area contributed by atoms with Gasteiger partial charge in [0.1, 0.15) is 6.10 Å². The molecule has 6 nitrogen and oxygen atoms in total. The third-order valence-electron chi connectivity index (χ3n) is 3.50. The molecule has 1 aliphatic heterocycles. The molecule has 0 saturated carbocycles. The minimum atomic E-state index is -0.149. The van der Waals surface area contributed by atoms with Crippen LogP contribution in [-0.4, -0.2) is 43.1 Å². The van der Waals surface area contributed by atoms with Crippen LogP contribution in [0.2, 0.25) is 0 Å². The molecular weight excluding hydrogens is 246 g/mol. The Labute approximate surface area is 113 Å². The van der Waals surface area contributed by atoms with E-state index < -0.39 is 0 Å². The van der Waals surface area contributed by atoms with Crippen LogP contribution in [0.1, 0.15) is 50.4 Å². The van der Waals surface area contributed by atoms with Crippen LogP contribution >= 0.6 is 0 Å². The largest absolute Gasteiger partial charge is 0.381 e. The fourth-order valence-electron chi connectivity index (χ4n) is 2.22. The minimum absolute atomic E-state index is 0.130. The number of hydrogen-bond donors (Lipinski definition) is 1. The lowest BCUT2D eigenvalue weighted by Gasteiger charge is -2.29. The Bertz CT molecular complexity index is 383. The fraction of sp³-hybridized carbons (Fsp3) is 0.846. The highest BCUT2D eigenvalue weighted by molar-refractivity contribution is 5.02. The lowest BCUT2D eigenvalue weighted by Crippen LogP contribution is -2.41. The van der Waals surface area contributed by atoms with Gasteiger partial charge in [0.15, 0.2) is 5.82 Å². The zero-order chi connectivity index (χ0) is 13.7. The van der Waals surface area contributed by atoms with Gasteiger partial charge in [-0.25, -0.2) is 0 Å². The topological polar surface area (TPSA) is 69.4 Å². The van der Waals surface area contributed by atoms with Crippen molar-refractivity contribution in [2.45, 2.75) is 44.8 Å². The maximum absolute atomic E-state index is 5.54. The minimum Gasteiger partial charge on any atom is -0.381 e. The molecule has 1 fully saturated rings. The molecule has 1 aromatic rings. The lowest BCUT2D eigenvalue weighted by atomic mass is 9.95. The van der Waals surface area contributed by atoms with Crippen LogP contribution in [0.25, 0.3) is 0 Å². The predicted octanol–water partition coefficient (Wildman–Crippen LogP) is 1.65. The number of rotatable bonds is 6. The molecule has 2 rings (SSSR count). The highest BCUT2D eigenvalue weighted by atomic mass is 16.5. The zero-order valence-corrected chi connectivity index (χ0v) is 11.9. The van der Waals surface area contributed by atoms with Crippen LogP contribution in [0.5, 0.6) is 0 Å². The third kappa shape index (κ3) is 3.52. The van der Waals surface area contributed by atoms with E-state index in [1.165, 1.54) is 0 Å². The van der Waals surface area contributed by atoms with Gasteiger partial charge in [-0.2, -0.15) is 4.98 Å². The van der Waals surface area contributed by atoms with Gasteiger partial charge in [0, 0.05) is 19.8 Å². The molecule has 0 bridgehead atoms. The van der Waals surface area contributed by atoms with Crippen molar-refractivity contribution in [1.82, 2.24) is 15.5 Å². The van der Waals surface area contributed by atoms with Crippen molar-refractivity contribution < 1.29 is 14.0 Å². The van der Waals surface area contributed by atoms with Crippen molar-refractivity contribution in [3.05, 3.63) is 11.7 Å². The van der Waals surface area contributed by atoms with E-state index in [1.54, 1.807) is 7.11 Å². The maximum Gasteiger partial charge on any atom is 0.233 e. The Kier molecular flexibility index (Phi) is 5.30. The molecule has 2 heterocycles. The summed E-state index contributed by atoms with van der Waals surface area (Å²) in [5.74, 6) is 1.37. The molecule has 6 heteroatoms. The van der Waals surface area contributed by atoms with Crippen LogP contribution in [-0.2, 0) is 9.47 Å². The van der Waals surface area contributed by atoms with Crippen molar-refractivity contribution in [3.8, 4) is 0 Å². The normalized spacial score (nSPS) is 25.4. The number of nitrogens with zero attached hydrogens (tertiary/aromatic N) is 2.